The van der Waals surface area contributed by atoms with E-state index in [2.05, 4.69) is 5.32 Å². The minimum Gasteiger partial charge on any atom is -0.493 e. The first-order valence-electron chi connectivity index (χ1n) is 9.61. The normalized spacial score (nSPS) is 11.4. The predicted octanol–water partition coefficient (Wildman–Crippen LogP) is 4.97. The number of benzene rings is 3. The van der Waals surface area contributed by atoms with E-state index in [9.17, 15) is 18.5 Å². The number of hydrogen-bond acceptors (Lipinski definition) is 6. The van der Waals surface area contributed by atoms with Crippen LogP contribution in [0.3, 0.4) is 0 Å². The van der Waals surface area contributed by atoms with Crippen molar-refractivity contribution in [3.8, 4) is 17.6 Å². The summed E-state index contributed by atoms with van der Waals surface area (Å²) in [5.74, 6) is -0.790. The van der Waals surface area contributed by atoms with E-state index in [1.54, 1.807) is 30.3 Å². The second-order valence-electron chi connectivity index (χ2n) is 6.82. The Bertz CT molecular complexity index is 1360. The highest BCUT2D eigenvalue weighted by atomic mass is 35.5. The van der Waals surface area contributed by atoms with Crippen LogP contribution in [-0.2, 0) is 14.9 Å². The molecule has 0 aromatic heterocycles. The molecule has 0 fully saturated rings. The van der Waals surface area contributed by atoms with Gasteiger partial charge in [0.25, 0.3) is 5.91 Å². The highest BCUT2D eigenvalue weighted by Gasteiger charge is 2.22. The molecular weight excluding hydrogens is 464 g/mol. The van der Waals surface area contributed by atoms with Crippen molar-refractivity contribution in [1.82, 2.24) is 0 Å². The molecule has 168 valence electrons. The van der Waals surface area contributed by atoms with E-state index in [-0.39, 0.29) is 27.0 Å². The quantitative estimate of drug-likeness (QED) is 0.289. The fourth-order valence-electron chi connectivity index (χ4n) is 2.87. The average Bonchev–Trinajstić information content (AvgIpc) is 2.80. The van der Waals surface area contributed by atoms with E-state index in [0.29, 0.717) is 11.3 Å². The van der Waals surface area contributed by atoms with Gasteiger partial charge in [0.1, 0.15) is 16.5 Å². The molecule has 0 radical (unpaired) electrons. The van der Waals surface area contributed by atoms with Crippen molar-refractivity contribution in [3.63, 3.8) is 0 Å². The van der Waals surface area contributed by atoms with Crippen LogP contribution >= 0.6 is 11.6 Å². The van der Waals surface area contributed by atoms with Crippen LogP contribution in [0.15, 0.2) is 77.2 Å². The summed E-state index contributed by atoms with van der Waals surface area (Å²) >= 11 is 6.28. The topological polar surface area (TPSA) is 105 Å². The molecule has 9 heteroatoms. The summed E-state index contributed by atoms with van der Waals surface area (Å²) < 4.78 is 35.6. The first kappa shape index (κ1) is 23.9. The number of methoxy groups -OCH3 is 1. The minimum absolute atomic E-state index is 0.0184. The molecule has 0 saturated heterocycles. The fraction of sp³-hybridized carbons (Fsp3) is 0.0833. The smallest absolute Gasteiger partial charge is 0.339 e. The van der Waals surface area contributed by atoms with Gasteiger partial charge in [-0.05, 0) is 54.5 Å². The number of para-hydroxylation sites is 1. The summed E-state index contributed by atoms with van der Waals surface area (Å²) in [4.78, 5) is 12.5. The van der Waals surface area contributed by atoms with Crippen molar-refractivity contribution < 1.29 is 22.1 Å². The second kappa shape index (κ2) is 10.2. The number of anilines is 1. The van der Waals surface area contributed by atoms with Crippen LogP contribution in [0, 0.1) is 18.3 Å². The lowest BCUT2D eigenvalue weighted by Crippen LogP contribution is -2.14. The summed E-state index contributed by atoms with van der Waals surface area (Å²) in [5, 5.41) is 12.1. The van der Waals surface area contributed by atoms with Gasteiger partial charge in [0, 0.05) is 5.69 Å². The molecule has 0 atom stereocenters. The lowest BCUT2D eigenvalue weighted by Gasteiger charge is -2.13. The third kappa shape index (κ3) is 5.71. The minimum atomic E-state index is -4.16. The van der Waals surface area contributed by atoms with Crippen LogP contribution in [-0.4, -0.2) is 21.4 Å². The first-order chi connectivity index (χ1) is 15.7. The number of aryl methyl sites for hydroxylation is 1. The summed E-state index contributed by atoms with van der Waals surface area (Å²) in [5.41, 5.74) is 1.59. The third-order valence-electron chi connectivity index (χ3n) is 4.55. The van der Waals surface area contributed by atoms with Gasteiger partial charge in [0.05, 0.1) is 12.1 Å². The number of nitriles is 1. The second-order valence-corrected chi connectivity index (χ2v) is 8.78. The molecule has 3 rings (SSSR count). The zero-order valence-corrected chi connectivity index (χ0v) is 19.3. The van der Waals surface area contributed by atoms with Gasteiger partial charge < -0.3 is 14.2 Å². The van der Waals surface area contributed by atoms with Crippen molar-refractivity contribution in [1.29, 1.82) is 5.26 Å². The maximum Gasteiger partial charge on any atom is 0.339 e. The Hall–Kier alpha value is -3.80. The number of halogens is 1. The van der Waals surface area contributed by atoms with E-state index in [0.717, 1.165) is 5.56 Å². The SMILES string of the molecule is COc1cc(/C=C(\C#N)C(=O)Nc2ccccc2C)cc(Cl)c1OS(=O)(=O)c1ccccc1. The summed E-state index contributed by atoms with van der Waals surface area (Å²) in [7, 11) is -2.84. The Kier molecular flexibility index (Phi) is 7.38. The van der Waals surface area contributed by atoms with E-state index < -0.39 is 16.0 Å². The molecule has 1 N–H and O–H groups in total. The largest absolute Gasteiger partial charge is 0.493 e. The average molecular weight is 483 g/mol. The van der Waals surface area contributed by atoms with Crippen LogP contribution in [0.2, 0.25) is 5.02 Å². The molecule has 3 aromatic carbocycles. The molecule has 0 heterocycles. The Labute approximate surface area is 197 Å². The molecular formula is C24H19ClN2O5S. The van der Waals surface area contributed by atoms with Crippen LogP contribution in [0.25, 0.3) is 6.08 Å². The Balaban J connectivity index is 1.92. The molecule has 0 aliphatic carbocycles. The van der Waals surface area contributed by atoms with Gasteiger partial charge in [0.2, 0.25) is 5.75 Å². The molecule has 0 aliphatic rings. The van der Waals surface area contributed by atoms with Gasteiger partial charge >= 0.3 is 10.1 Å². The Morgan fingerprint density at radius 2 is 1.76 bits per heavy atom. The van der Waals surface area contributed by atoms with Gasteiger partial charge in [-0.1, -0.05) is 48.0 Å². The molecule has 1 amide bonds. The molecule has 0 saturated carbocycles. The Morgan fingerprint density at radius 3 is 2.39 bits per heavy atom. The van der Waals surface area contributed by atoms with Crippen LogP contribution in [0.5, 0.6) is 11.5 Å². The summed E-state index contributed by atoms with van der Waals surface area (Å²) in [6.07, 6.45) is 1.32. The van der Waals surface area contributed by atoms with Gasteiger partial charge in [-0.15, -0.1) is 0 Å². The number of nitrogens with one attached hydrogen (secondary N) is 1. The Morgan fingerprint density at radius 1 is 1.09 bits per heavy atom. The zero-order chi connectivity index (χ0) is 24.0. The van der Waals surface area contributed by atoms with Gasteiger partial charge in [0.15, 0.2) is 5.75 Å². The van der Waals surface area contributed by atoms with Crippen molar-refractivity contribution in [2.24, 2.45) is 0 Å². The first-order valence-corrected chi connectivity index (χ1v) is 11.4. The maximum absolute atomic E-state index is 12.6. The highest BCUT2D eigenvalue weighted by Crippen LogP contribution is 2.38. The number of ether oxygens (including phenoxy) is 1. The molecule has 0 unspecified atom stereocenters. The number of carbonyl (C=O) groups is 1. The highest BCUT2D eigenvalue weighted by molar-refractivity contribution is 7.87. The van der Waals surface area contributed by atoms with E-state index in [1.165, 1.54) is 37.5 Å². The standard InChI is InChI=1S/C24H19ClN2O5S/c1-16-8-6-7-11-21(16)27-24(28)18(15-26)12-17-13-20(25)23(22(14-17)31-2)32-33(29,30)19-9-4-3-5-10-19/h3-14H,1-2H3,(H,27,28)/b18-12+. The number of carbonyl (C=O) groups excluding carboxylic acids is 1. The van der Waals surface area contributed by atoms with Crippen LogP contribution in [0.1, 0.15) is 11.1 Å². The molecule has 0 spiro atoms. The van der Waals surface area contributed by atoms with Crippen molar-refractivity contribution in [2.75, 3.05) is 12.4 Å². The van der Waals surface area contributed by atoms with Crippen molar-refractivity contribution >= 4 is 39.4 Å². The van der Waals surface area contributed by atoms with E-state index in [1.807, 2.05) is 25.1 Å². The molecule has 33 heavy (non-hydrogen) atoms. The molecule has 0 aliphatic heterocycles. The lowest BCUT2D eigenvalue weighted by molar-refractivity contribution is -0.112. The van der Waals surface area contributed by atoms with Gasteiger partial charge in [-0.2, -0.15) is 13.7 Å². The summed E-state index contributed by atoms with van der Waals surface area (Å²) in [6.45, 7) is 1.83. The van der Waals surface area contributed by atoms with Crippen molar-refractivity contribution in [3.05, 3.63) is 88.5 Å². The van der Waals surface area contributed by atoms with E-state index >= 15 is 0 Å². The fourth-order valence-corrected chi connectivity index (χ4v) is 4.15. The summed E-state index contributed by atoms with van der Waals surface area (Å²) in [6, 6.07) is 19.4. The number of nitrogens with zero attached hydrogens (tertiary/aromatic N) is 1. The van der Waals surface area contributed by atoms with Crippen LogP contribution in [0.4, 0.5) is 5.69 Å². The number of rotatable bonds is 7. The van der Waals surface area contributed by atoms with Gasteiger partial charge in [-0.25, -0.2) is 0 Å². The molecule has 0 bridgehead atoms. The van der Waals surface area contributed by atoms with Gasteiger partial charge in [-0.3, -0.25) is 4.79 Å². The third-order valence-corrected chi connectivity index (χ3v) is 6.06. The monoisotopic (exact) mass is 482 g/mol. The van der Waals surface area contributed by atoms with Crippen LogP contribution < -0.4 is 14.2 Å². The number of hydrogen-bond donors (Lipinski definition) is 1. The molecule has 7 nitrogen and oxygen atoms in total. The zero-order valence-electron chi connectivity index (χ0n) is 17.7. The maximum atomic E-state index is 12.6. The lowest BCUT2D eigenvalue weighted by atomic mass is 10.1. The molecule has 3 aromatic rings. The van der Waals surface area contributed by atoms with E-state index in [4.69, 9.17) is 20.5 Å². The van der Waals surface area contributed by atoms with Crippen molar-refractivity contribution in [2.45, 2.75) is 11.8 Å². The number of amides is 1. The predicted molar refractivity (Wildman–Crippen MR) is 126 cm³/mol.